The molecule has 2 nitrogen and oxygen atoms in total. The zero-order valence-corrected chi connectivity index (χ0v) is 8.26. The average Bonchev–Trinajstić information content (AvgIpc) is 2.17. The molecule has 0 aliphatic carbocycles. The molecule has 1 aromatic rings. The lowest BCUT2D eigenvalue weighted by Gasteiger charge is -2.19. The highest BCUT2D eigenvalue weighted by atomic mass is 19.4. The number of hydrogen-bond donors (Lipinski definition) is 1. The number of carboxylic acids is 1. The van der Waals surface area contributed by atoms with E-state index in [4.69, 9.17) is 5.11 Å². The van der Waals surface area contributed by atoms with Crippen LogP contribution in [-0.2, 0) is 4.79 Å². The second-order valence-corrected chi connectivity index (χ2v) is 3.34. The molecule has 0 saturated heterocycles. The molecule has 0 heterocycles. The van der Waals surface area contributed by atoms with E-state index in [1.807, 2.05) is 0 Å². The Morgan fingerprint density at radius 1 is 1.29 bits per heavy atom. The van der Waals surface area contributed by atoms with E-state index in [9.17, 15) is 26.7 Å². The maximum atomic E-state index is 13.2. The van der Waals surface area contributed by atoms with Gasteiger partial charge in [0, 0.05) is 5.56 Å². The molecule has 0 saturated carbocycles. The lowest BCUT2D eigenvalue weighted by atomic mass is 9.94. The first-order chi connectivity index (χ1) is 7.73. The molecule has 1 rings (SSSR count). The quantitative estimate of drug-likeness (QED) is 0.841. The van der Waals surface area contributed by atoms with Crippen molar-refractivity contribution in [2.75, 3.05) is 0 Å². The van der Waals surface area contributed by atoms with Crippen molar-refractivity contribution in [2.45, 2.75) is 18.5 Å². The van der Waals surface area contributed by atoms with Crippen LogP contribution >= 0.6 is 0 Å². The Morgan fingerprint density at radius 2 is 1.88 bits per heavy atom. The van der Waals surface area contributed by atoms with Crippen LogP contribution in [0.1, 0.15) is 17.9 Å². The third-order valence-corrected chi connectivity index (χ3v) is 2.13. The van der Waals surface area contributed by atoms with Crippen molar-refractivity contribution in [1.29, 1.82) is 0 Å². The smallest absolute Gasteiger partial charge is 0.396 e. The molecule has 7 heteroatoms. The summed E-state index contributed by atoms with van der Waals surface area (Å²) in [6.07, 6.45) is -6.29. The fourth-order valence-corrected chi connectivity index (χ4v) is 1.37. The monoisotopic (exact) mass is 254 g/mol. The second-order valence-electron chi connectivity index (χ2n) is 3.34. The first-order valence-corrected chi connectivity index (χ1v) is 4.46. The molecule has 94 valence electrons. The highest BCUT2D eigenvalue weighted by Crippen LogP contribution is 2.38. The molecule has 0 amide bonds. The zero-order chi connectivity index (χ0) is 13.2. The maximum absolute atomic E-state index is 13.2. The second kappa shape index (κ2) is 4.68. The molecule has 1 unspecified atom stereocenters. The lowest BCUT2D eigenvalue weighted by molar-refractivity contribution is -0.163. The summed E-state index contributed by atoms with van der Waals surface area (Å²) in [5.41, 5.74) is -1.00. The van der Waals surface area contributed by atoms with Gasteiger partial charge in [0.1, 0.15) is 0 Å². The van der Waals surface area contributed by atoms with E-state index in [-0.39, 0.29) is 0 Å². The van der Waals surface area contributed by atoms with Crippen LogP contribution < -0.4 is 0 Å². The molecular weight excluding hydrogens is 247 g/mol. The van der Waals surface area contributed by atoms with E-state index >= 15 is 0 Å². The van der Waals surface area contributed by atoms with Crippen LogP contribution in [0.5, 0.6) is 0 Å². The summed E-state index contributed by atoms with van der Waals surface area (Å²) in [4.78, 5) is 10.3. The van der Waals surface area contributed by atoms with Gasteiger partial charge in [-0.15, -0.1) is 0 Å². The molecule has 0 bridgehead atoms. The van der Waals surface area contributed by atoms with Crippen molar-refractivity contribution in [1.82, 2.24) is 0 Å². The van der Waals surface area contributed by atoms with Crippen molar-refractivity contribution >= 4 is 5.97 Å². The van der Waals surface area contributed by atoms with Crippen LogP contribution in [0.15, 0.2) is 18.2 Å². The fourth-order valence-electron chi connectivity index (χ4n) is 1.37. The van der Waals surface area contributed by atoms with Gasteiger partial charge in [0.05, 0.1) is 12.3 Å². The minimum Gasteiger partial charge on any atom is -0.481 e. The molecular formula is C10H7F5O2. The minimum absolute atomic E-state index is 0.660. The van der Waals surface area contributed by atoms with Crippen molar-refractivity contribution in [3.63, 3.8) is 0 Å². The predicted octanol–water partition coefficient (Wildman–Crippen LogP) is 3.09. The maximum Gasteiger partial charge on any atom is 0.396 e. The van der Waals surface area contributed by atoms with E-state index in [0.29, 0.717) is 6.07 Å². The van der Waals surface area contributed by atoms with Crippen molar-refractivity contribution in [3.05, 3.63) is 35.4 Å². The summed E-state index contributed by atoms with van der Waals surface area (Å²) >= 11 is 0. The van der Waals surface area contributed by atoms with E-state index < -0.39 is 41.7 Å². The van der Waals surface area contributed by atoms with Crippen molar-refractivity contribution < 1.29 is 31.9 Å². The van der Waals surface area contributed by atoms with E-state index in [1.165, 1.54) is 0 Å². The van der Waals surface area contributed by atoms with Gasteiger partial charge >= 0.3 is 12.1 Å². The summed E-state index contributed by atoms with van der Waals surface area (Å²) in [7, 11) is 0. The Kier molecular flexibility index (Phi) is 3.69. The Balaban J connectivity index is 3.22. The summed E-state index contributed by atoms with van der Waals surface area (Å²) in [5.74, 6) is -7.41. The fraction of sp³-hybridized carbons (Fsp3) is 0.300. The molecule has 0 radical (unpaired) electrons. The standard InChI is InChI=1S/C10H7F5O2/c11-7-3-1-2-5(9(7)12)6(4-8(16)17)10(13,14)15/h1-3,6H,4H2,(H,16,17). The molecule has 0 aliphatic rings. The molecule has 17 heavy (non-hydrogen) atoms. The van der Waals surface area contributed by atoms with Crippen LogP contribution in [0.25, 0.3) is 0 Å². The van der Waals surface area contributed by atoms with Gasteiger partial charge in [0.25, 0.3) is 0 Å². The van der Waals surface area contributed by atoms with Crippen molar-refractivity contribution in [2.24, 2.45) is 0 Å². The Morgan fingerprint density at radius 3 is 2.35 bits per heavy atom. The molecule has 1 N–H and O–H groups in total. The normalized spacial score (nSPS) is 13.5. The number of alkyl halides is 3. The number of aliphatic carboxylic acids is 1. The number of rotatable bonds is 3. The summed E-state index contributed by atoms with van der Waals surface area (Å²) < 4.78 is 63.5. The minimum atomic E-state index is -4.95. The summed E-state index contributed by atoms with van der Waals surface area (Å²) in [5, 5.41) is 8.35. The predicted molar refractivity (Wildman–Crippen MR) is 47.4 cm³/mol. The van der Waals surface area contributed by atoms with E-state index in [0.717, 1.165) is 12.1 Å². The number of carboxylic acid groups (broad SMARTS) is 1. The van der Waals surface area contributed by atoms with E-state index in [2.05, 4.69) is 0 Å². The molecule has 1 aromatic carbocycles. The number of halogens is 5. The van der Waals surface area contributed by atoms with Gasteiger partial charge in [-0.05, 0) is 6.07 Å². The molecule has 0 aromatic heterocycles. The van der Waals surface area contributed by atoms with Crippen LogP contribution in [0, 0.1) is 11.6 Å². The first-order valence-electron chi connectivity index (χ1n) is 4.46. The Labute approximate surface area is 92.7 Å². The average molecular weight is 254 g/mol. The van der Waals surface area contributed by atoms with Gasteiger partial charge in [-0.25, -0.2) is 8.78 Å². The van der Waals surface area contributed by atoms with Crippen LogP contribution in [0.3, 0.4) is 0 Å². The molecule has 1 atom stereocenters. The molecule has 0 spiro atoms. The van der Waals surface area contributed by atoms with Gasteiger partial charge < -0.3 is 5.11 Å². The summed E-state index contributed by atoms with van der Waals surface area (Å²) in [6.45, 7) is 0. The van der Waals surface area contributed by atoms with Crippen LogP contribution in [0.2, 0.25) is 0 Å². The lowest BCUT2D eigenvalue weighted by Crippen LogP contribution is -2.24. The highest BCUT2D eigenvalue weighted by Gasteiger charge is 2.43. The zero-order valence-electron chi connectivity index (χ0n) is 8.26. The van der Waals surface area contributed by atoms with Gasteiger partial charge in [-0.3, -0.25) is 4.79 Å². The van der Waals surface area contributed by atoms with Gasteiger partial charge in [-0.2, -0.15) is 13.2 Å². The SMILES string of the molecule is O=C(O)CC(c1cccc(F)c1F)C(F)(F)F. The topological polar surface area (TPSA) is 37.3 Å². The molecule has 0 aliphatic heterocycles. The highest BCUT2D eigenvalue weighted by molar-refractivity contribution is 5.68. The summed E-state index contributed by atoms with van der Waals surface area (Å²) in [6, 6.07) is 2.28. The van der Waals surface area contributed by atoms with Crippen molar-refractivity contribution in [3.8, 4) is 0 Å². The first kappa shape index (κ1) is 13.4. The number of carbonyl (C=O) groups is 1. The molecule has 0 fully saturated rings. The van der Waals surface area contributed by atoms with E-state index in [1.54, 1.807) is 0 Å². The number of hydrogen-bond acceptors (Lipinski definition) is 1. The van der Waals surface area contributed by atoms with Crippen LogP contribution in [-0.4, -0.2) is 17.3 Å². The van der Waals surface area contributed by atoms with Gasteiger partial charge in [0.2, 0.25) is 0 Å². The van der Waals surface area contributed by atoms with Gasteiger partial charge in [-0.1, -0.05) is 12.1 Å². The van der Waals surface area contributed by atoms with Gasteiger partial charge in [0.15, 0.2) is 11.6 Å². The third kappa shape index (κ3) is 3.15. The Bertz CT molecular complexity index is 427. The Hall–Kier alpha value is -1.66. The van der Waals surface area contributed by atoms with Crippen LogP contribution in [0.4, 0.5) is 22.0 Å². The largest absolute Gasteiger partial charge is 0.481 e. The number of benzene rings is 1. The third-order valence-electron chi connectivity index (χ3n) is 2.13.